The fourth-order valence-electron chi connectivity index (χ4n) is 0.999. The van der Waals surface area contributed by atoms with Crippen LogP contribution in [-0.4, -0.2) is 16.7 Å². The van der Waals surface area contributed by atoms with Crippen molar-refractivity contribution < 1.29 is 9.53 Å². The van der Waals surface area contributed by atoms with Crippen LogP contribution >= 0.6 is 15.9 Å². The molecule has 16 heavy (non-hydrogen) atoms. The number of anilines is 1. The topological polar surface area (TPSA) is 51.2 Å². The third-order valence-corrected chi connectivity index (χ3v) is 2.18. The smallest absolute Gasteiger partial charge is 0.412 e. The van der Waals surface area contributed by atoms with Gasteiger partial charge in [0.1, 0.15) is 5.60 Å². The van der Waals surface area contributed by atoms with Crippen LogP contribution in [0.5, 0.6) is 0 Å². The molecule has 0 atom stereocenters. The first-order valence-corrected chi connectivity index (χ1v) is 6.04. The van der Waals surface area contributed by atoms with Crippen LogP contribution in [0.3, 0.4) is 0 Å². The van der Waals surface area contributed by atoms with Gasteiger partial charge in [0, 0.05) is 5.33 Å². The second-order valence-electron chi connectivity index (χ2n) is 4.30. The van der Waals surface area contributed by atoms with E-state index in [0.29, 0.717) is 11.0 Å². The van der Waals surface area contributed by atoms with Crippen LogP contribution in [0.25, 0.3) is 0 Å². The van der Waals surface area contributed by atoms with E-state index in [-0.39, 0.29) is 0 Å². The standard InChI is InChI=1S/C11H15BrN2O2/c1-11(2,3)16-10(15)14-9-5-4-8(6-12)13-7-9/h4-5,7H,6H2,1-3H3,(H,14,15). The number of nitrogens with zero attached hydrogens (tertiary/aromatic N) is 1. The van der Waals surface area contributed by atoms with Crippen molar-refractivity contribution in [2.24, 2.45) is 0 Å². The molecule has 0 radical (unpaired) electrons. The first-order valence-electron chi connectivity index (χ1n) is 4.91. The first-order chi connectivity index (χ1) is 7.40. The predicted molar refractivity (Wildman–Crippen MR) is 66.7 cm³/mol. The summed E-state index contributed by atoms with van der Waals surface area (Å²) in [5.41, 5.74) is 1.04. The van der Waals surface area contributed by atoms with E-state index >= 15 is 0 Å². The Balaban J connectivity index is 2.56. The van der Waals surface area contributed by atoms with Gasteiger partial charge in [0.15, 0.2) is 0 Å². The zero-order chi connectivity index (χ0) is 12.2. The van der Waals surface area contributed by atoms with E-state index in [9.17, 15) is 4.79 Å². The minimum absolute atomic E-state index is 0.471. The summed E-state index contributed by atoms with van der Waals surface area (Å²) in [6.07, 6.45) is 1.13. The lowest BCUT2D eigenvalue weighted by molar-refractivity contribution is 0.0636. The van der Waals surface area contributed by atoms with Gasteiger partial charge in [-0.05, 0) is 32.9 Å². The summed E-state index contributed by atoms with van der Waals surface area (Å²) >= 11 is 3.30. The van der Waals surface area contributed by atoms with Crippen molar-refractivity contribution in [1.29, 1.82) is 0 Å². The maximum atomic E-state index is 11.4. The molecule has 1 heterocycles. The van der Waals surface area contributed by atoms with Crippen LogP contribution in [0.15, 0.2) is 18.3 Å². The molecule has 0 aliphatic rings. The monoisotopic (exact) mass is 286 g/mol. The average molecular weight is 287 g/mol. The van der Waals surface area contributed by atoms with Gasteiger partial charge in [-0.1, -0.05) is 15.9 Å². The van der Waals surface area contributed by atoms with E-state index in [0.717, 1.165) is 5.69 Å². The number of nitrogens with one attached hydrogen (secondary N) is 1. The Hall–Kier alpha value is -1.10. The van der Waals surface area contributed by atoms with E-state index < -0.39 is 11.7 Å². The van der Waals surface area contributed by atoms with Gasteiger partial charge in [-0.25, -0.2) is 4.79 Å². The van der Waals surface area contributed by atoms with Gasteiger partial charge in [-0.2, -0.15) is 0 Å². The van der Waals surface area contributed by atoms with E-state index in [2.05, 4.69) is 26.2 Å². The molecule has 5 heteroatoms. The molecule has 0 bridgehead atoms. The SMILES string of the molecule is CC(C)(C)OC(=O)Nc1ccc(CBr)nc1. The third kappa shape index (κ3) is 4.61. The van der Waals surface area contributed by atoms with Crippen LogP contribution in [0, 0.1) is 0 Å². The Morgan fingerprint density at radius 1 is 1.50 bits per heavy atom. The normalized spacial score (nSPS) is 11.0. The number of pyridine rings is 1. The molecule has 1 rings (SSSR count). The summed E-state index contributed by atoms with van der Waals surface area (Å²) in [5.74, 6) is 0. The number of carbonyl (C=O) groups is 1. The minimum Gasteiger partial charge on any atom is -0.444 e. The van der Waals surface area contributed by atoms with Gasteiger partial charge < -0.3 is 4.74 Å². The molecule has 1 aromatic rings. The number of rotatable bonds is 2. The summed E-state index contributed by atoms with van der Waals surface area (Å²) < 4.78 is 5.11. The highest BCUT2D eigenvalue weighted by Gasteiger charge is 2.16. The Kier molecular flexibility index (Phi) is 4.29. The highest BCUT2D eigenvalue weighted by atomic mass is 79.9. The number of hydrogen-bond donors (Lipinski definition) is 1. The Labute approximate surface area is 104 Å². The van der Waals surface area contributed by atoms with E-state index in [4.69, 9.17) is 4.74 Å². The van der Waals surface area contributed by atoms with Crippen molar-refractivity contribution >= 4 is 27.7 Å². The number of alkyl halides is 1. The molecule has 1 amide bonds. The zero-order valence-corrected chi connectivity index (χ0v) is 11.2. The molecule has 0 aromatic carbocycles. The summed E-state index contributed by atoms with van der Waals surface area (Å²) in [6.45, 7) is 5.45. The van der Waals surface area contributed by atoms with Gasteiger partial charge in [0.25, 0.3) is 0 Å². The molecular weight excluding hydrogens is 272 g/mol. The number of hydrogen-bond acceptors (Lipinski definition) is 3. The van der Waals surface area contributed by atoms with E-state index in [1.807, 2.05) is 26.8 Å². The quantitative estimate of drug-likeness (QED) is 0.849. The summed E-state index contributed by atoms with van der Waals surface area (Å²) in [5, 5.41) is 3.30. The maximum Gasteiger partial charge on any atom is 0.412 e. The lowest BCUT2D eigenvalue weighted by Gasteiger charge is -2.19. The second kappa shape index (κ2) is 5.30. The van der Waals surface area contributed by atoms with Crippen molar-refractivity contribution in [3.05, 3.63) is 24.0 Å². The molecule has 88 valence electrons. The van der Waals surface area contributed by atoms with E-state index in [1.54, 1.807) is 12.3 Å². The number of amides is 1. The predicted octanol–water partition coefficient (Wildman–Crippen LogP) is 3.32. The lowest BCUT2D eigenvalue weighted by atomic mass is 10.2. The number of halogens is 1. The largest absolute Gasteiger partial charge is 0.444 e. The van der Waals surface area contributed by atoms with Crippen LogP contribution in [0.2, 0.25) is 0 Å². The molecule has 0 saturated carbocycles. The molecule has 0 saturated heterocycles. The van der Waals surface area contributed by atoms with Gasteiger partial charge in [0.2, 0.25) is 0 Å². The Morgan fingerprint density at radius 3 is 2.62 bits per heavy atom. The molecule has 0 aliphatic heterocycles. The van der Waals surface area contributed by atoms with E-state index in [1.165, 1.54) is 0 Å². The molecule has 0 aliphatic carbocycles. The van der Waals surface area contributed by atoms with Gasteiger partial charge >= 0.3 is 6.09 Å². The van der Waals surface area contributed by atoms with Crippen LogP contribution in [0.1, 0.15) is 26.5 Å². The average Bonchev–Trinajstić information content (AvgIpc) is 2.16. The molecule has 0 spiro atoms. The molecule has 1 aromatic heterocycles. The molecule has 0 unspecified atom stereocenters. The maximum absolute atomic E-state index is 11.4. The zero-order valence-electron chi connectivity index (χ0n) is 9.58. The molecular formula is C11H15BrN2O2. The van der Waals surface area contributed by atoms with Crippen LogP contribution in [-0.2, 0) is 10.1 Å². The van der Waals surface area contributed by atoms with Crippen molar-refractivity contribution in [2.75, 3.05) is 5.32 Å². The van der Waals surface area contributed by atoms with Gasteiger partial charge in [0.05, 0.1) is 17.6 Å². The van der Waals surface area contributed by atoms with Crippen LogP contribution in [0.4, 0.5) is 10.5 Å². The van der Waals surface area contributed by atoms with Gasteiger partial charge in [-0.15, -0.1) is 0 Å². The fourth-order valence-corrected chi connectivity index (χ4v) is 1.33. The molecule has 1 N–H and O–H groups in total. The Bertz CT molecular complexity index is 357. The van der Waals surface area contributed by atoms with Gasteiger partial charge in [-0.3, -0.25) is 10.3 Å². The summed E-state index contributed by atoms with van der Waals surface area (Å²) in [6, 6.07) is 3.62. The lowest BCUT2D eigenvalue weighted by Crippen LogP contribution is -2.27. The summed E-state index contributed by atoms with van der Waals surface area (Å²) in [7, 11) is 0. The van der Waals surface area contributed by atoms with Crippen molar-refractivity contribution in [3.63, 3.8) is 0 Å². The number of aromatic nitrogens is 1. The number of ether oxygens (including phenoxy) is 1. The molecule has 0 fully saturated rings. The first kappa shape index (κ1) is 13.0. The number of carbonyl (C=O) groups excluding carboxylic acids is 1. The minimum atomic E-state index is -0.493. The molecule has 4 nitrogen and oxygen atoms in total. The fraction of sp³-hybridized carbons (Fsp3) is 0.455. The van der Waals surface area contributed by atoms with Crippen molar-refractivity contribution in [2.45, 2.75) is 31.7 Å². The van der Waals surface area contributed by atoms with Crippen molar-refractivity contribution in [3.8, 4) is 0 Å². The Morgan fingerprint density at radius 2 is 2.19 bits per heavy atom. The third-order valence-electron chi connectivity index (χ3n) is 1.61. The second-order valence-corrected chi connectivity index (χ2v) is 4.86. The highest BCUT2D eigenvalue weighted by Crippen LogP contribution is 2.12. The summed E-state index contributed by atoms with van der Waals surface area (Å²) in [4.78, 5) is 15.5. The highest BCUT2D eigenvalue weighted by molar-refractivity contribution is 9.08. The van der Waals surface area contributed by atoms with Crippen molar-refractivity contribution in [1.82, 2.24) is 4.98 Å². The van der Waals surface area contributed by atoms with Crippen LogP contribution < -0.4 is 5.32 Å².